The Labute approximate surface area is 143 Å². The number of hydrogen-bond donors (Lipinski definition) is 0. The molecule has 1 nitrogen and oxygen atoms in total. The largest absolute Gasteiger partial charge is 0.492 e. The smallest absolute Gasteiger partial charge is 0.137 e. The first-order chi connectivity index (χ1) is 11.6. The first-order valence-corrected chi connectivity index (χ1v) is 8.47. The minimum Gasteiger partial charge on any atom is -0.492 e. The van der Waals surface area contributed by atoms with Gasteiger partial charge in [0.25, 0.3) is 0 Å². The van der Waals surface area contributed by atoms with Gasteiger partial charge in [-0.15, -0.1) is 0 Å². The van der Waals surface area contributed by atoms with Gasteiger partial charge >= 0.3 is 0 Å². The molecule has 1 unspecified atom stereocenters. The van der Waals surface area contributed by atoms with Gasteiger partial charge in [-0.3, -0.25) is 0 Å². The van der Waals surface area contributed by atoms with E-state index >= 15 is 0 Å². The van der Waals surface area contributed by atoms with Crippen molar-refractivity contribution >= 4 is 24.7 Å². The summed E-state index contributed by atoms with van der Waals surface area (Å²) >= 11 is 0. The van der Waals surface area contributed by atoms with Gasteiger partial charge in [0.2, 0.25) is 0 Å². The zero-order valence-corrected chi connectivity index (χ0v) is 13.7. The van der Waals surface area contributed by atoms with Crippen LogP contribution in [0.3, 0.4) is 0 Å². The van der Waals surface area contributed by atoms with E-state index < -0.39 is 5.50 Å². The molecule has 2 aliphatic rings. The third kappa shape index (κ3) is 1.89. The third-order valence-electron chi connectivity index (χ3n) is 5.15. The summed E-state index contributed by atoms with van der Waals surface area (Å²) in [6.45, 7) is 1.90. The summed E-state index contributed by atoms with van der Waals surface area (Å²) in [6.07, 6.45) is 6.22. The van der Waals surface area contributed by atoms with E-state index in [4.69, 9.17) is 12.6 Å². The standard InChI is InChI=1S/C22H17BO/c1-22(23)13-12-19-17-11-10-14-6-2-3-7-15(14)20(17)16-8-4-5-9-18(16)21(19)24-22/h2-9,12-13H,10-11H2,1H3. The summed E-state index contributed by atoms with van der Waals surface area (Å²) in [5.74, 6) is 0.927. The number of aryl methyl sites for hydroxylation is 1. The highest BCUT2D eigenvalue weighted by molar-refractivity contribution is 6.17. The lowest BCUT2D eigenvalue weighted by Gasteiger charge is -2.33. The van der Waals surface area contributed by atoms with Gasteiger partial charge in [0, 0.05) is 10.9 Å². The number of benzene rings is 3. The van der Waals surface area contributed by atoms with E-state index in [1.165, 1.54) is 33.2 Å². The van der Waals surface area contributed by atoms with Crippen molar-refractivity contribution < 1.29 is 4.74 Å². The Kier molecular flexibility index (Phi) is 2.76. The molecule has 114 valence electrons. The van der Waals surface area contributed by atoms with Gasteiger partial charge in [0.05, 0.1) is 5.50 Å². The molecule has 0 N–H and O–H groups in total. The molecule has 0 amide bonds. The van der Waals surface area contributed by atoms with Crippen molar-refractivity contribution in [1.82, 2.24) is 0 Å². The molecule has 1 heterocycles. The molecule has 2 radical (unpaired) electrons. The summed E-state index contributed by atoms with van der Waals surface area (Å²) in [6, 6.07) is 17.3. The molecule has 0 saturated carbocycles. The van der Waals surface area contributed by atoms with E-state index in [1.807, 2.05) is 13.0 Å². The zero-order chi connectivity index (χ0) is 16.3. The first kappa shape index (κ1) is 13.9. The van der Waals surface area contributed by atoms with Crippen LogP contribution in [-0.2, 0) is 12.8 Å². The summed E-state index contributed by atoms with van der Waals surface area (Å²) < 4.78 is 6.18. The monoisotopic (exact) mass is 308 g/mol. The molecule has 0 aromatic heterocycles. The molecular formula is C22H17BO. The lowest BCUT2D eigenvalue weighted by atomic mass is 9.76. The Hall–Kier alpha value is -2.48. The average molecular weight is 308 g/mol. The van der Waals surface area contributed by atoms with Crippen LogP contribution in [0.25, 0.3) is 28.0 Å². The second-order valence-corrected chi connectivity index (χ2v) is 6.92. The van der Waals surface area contributed by atoms with E-state index in [2.05, 4.69) is 54.6 Å². The van der Waals surface area contributed by atoms with Crippen LogP contribution in [0.1, 0.15) is 23.6 Å². The second kappa shape index (κ2) is 4.76. The van der Waals surface area contributed by atoms with Crippen molar-refractivity contribution in [2.75, 3.05) is 0 Å². The Balaban J connectivity index is 1.94. The van der Waals surface area contributed by atoms with Gasteiger partial charge in [-0.25, -0.2) is 0 Å². The molecule has 0 saturated heterocycles. The Morgan fingerprint density at radius 3 is 2.58 bits per heavy atom. The van der Waals surface area contributed by atoms with Crippen LogP contribution in [0.2, 0.25) is 0 Å². The fourth-order valence-corrected chi connectivity index (χ4v) is 4.08. The van der Waals surface area contributed by atoms with Crippen LogP contribution in [0, 0.1) is 0 Å². The van der Waals surface area contributed by atoms with Crippen LogP contribution in [0.4, 0.5) is 0 Å². The average Bonchev–Trinajstić information content (AvgIpc) is 2.60. The summed E-state index contributed by atoms with van der Waals surface area (Å²) in [5, 5.41) is 2.40. The molecule has 1 aliphatic carbocycles. The molecule has 0 fully saturated rings. The molecule has 3 aromatic carbocycles. The maximum absolute atomic E-state index is 6.23. The molecular weight excluding hydrogens is 291 g/mol. The highest BCUT2D eigenvalue weighted by Crippen LogP contribution is 2.47. The fraction of sp³-hybridized carbons (Fsp3) is 0.182. The van der Waals surface area contributed by atoms with Crippen molar-refractivity contribution in [3.8, 4) is 16.9 Å². The molecule has 1 aliphatic heterocycles. The topological polar surface area (TPSA) is 9.23 Å². The van der Waals surface area contributed by atoms with Gasteiger partial charge in [-0.1, -0.05) is 60.7 Å². The predicted octanol–water partition coefficient (Wildman–Crippen LogP) is 4.90. The zero-order valence-electron chi connectivity index (χ0n) is 13.7. The van der Waals surface area contributed by atoms with Gasteiger partial charge in [0.15, 0.2) is 0 Å². The molecule has 3 aromatic rings. The third-order valence-corrected chi connectivity index (χ3v) is 5.15. The highest BCUT2D eigenvalue weighted by atomic mass is 16.5. The maximum atomic E-state index is 6.23. The predicted molar refractivity (Wildman–Crippen MR) is 101 cm³/mol. The normalized spacial score (nSPS) is 20.9. The van der Waals surface area contributed by atoms with Crippen molar-refractivity contribution in [2.24, 2.45) is 0 Å². The van der Waals surface area contributed by atoms with Gasteiger partial charge in [-0.05, 0) is 47.4 Å². The molecule has 2 heteroatoms. The number of hydrogen-bond acceptors (Lipinski definition) is 1. The van der Waals surface area contributed by atoms with E-state index in [9.17, 15) is 0 Å². The highest BCUT2D eigenvalue weighted by Gasteiger charge is 2.29. The minimum atomic E-state index is -0.753. The van der Waals surface area contributed by atoms with Crippen molar-refractivity contribution in [2.45, 2.75) is 25.3 Å². The summed E-state index contributed by atoms with van der Waals surface area (Å²) in [7, 11) is 6.23. The fourth-order valence-electron chi connectivity index (χ4n) is 4.08. The van der Waals surface area contributed by atoms with Crippen LogP contribution in [0.15, 0.2) is 54.6 Å². The Morgan fingerprint density at radius 2 is 1.71 bits per heavy atom. The van der Waals surface area contributed by atoms with E-state index in [0.29, 0.717) is 0 Å². The minimum absolute atomic E-state index is 0.753. The molecule has 0 bridgehead atoms. The summed E-state index contributed by atoms with van der Waals surface area (Å²) in [5.41, 5.74) is 5.97. The van der Waals surface area contributed by atoms with Crippen LogP contribution in [-0.4, -0.2) is 13.3 Å². The quantitative estimate of drug-likeness (QED) is 0.537. The molecule has 0 spiro atoms. The van der Waals surface area contributed by atoms with Gasteiger partial charge in [0.1, 0.15) is 13.6 Å². The Bertz CT molecular complexity index is 1010. The Morgan fingerprint density at radius 1 is 0.958 bits per heavy atom. The number of rotatable bonds is 0. The van der Waals surface area contributed by atoms with Crippen LogP contribution >= 0.6 is 0 Å². The number of fused-ring (bicyclic) bond motifs is 8. The molecule has 1 atom stereocenters. The van der Waals surface area contributed by atoms with Gasteiger partial charge < -0.3 is 4.74 Å². The summed E-state index contributed by atoms with van der Waals surface area (Å²) in [4.78, 5) is 0. The van der Waals surface area contributed by atoms with E-state index in [1.54, 1.807) is 0 Å². The molecule has 24 heavy (non-hydrogen) atoms. The van der Waals surface area contributed by atoms with Crippen LogP contribution in [0.5, 0.6) is 5.75 Å². The van der Waals surface area contributed by atoms with E-state index in [0.717, 1.165) is 24.0 Å². The van der Waals surface area contributed by atoms with Crippen LogP contribution < -0.4 is 4.74 Å². The van der Waals surface area contributed by atoms with Crippen molar-refractivity contribution in [3.05, 3.63) is 71.3 Å². The second-order valence-electron chi connectivity index (χ2n) is 6.92. The maximum Gasteiger partial charge on any atom is 0.137 e. The first-order valence-electron chi connectivity index (χ1n) is 8.47. The van der Waals surface area contributed by atoms with E-state index in [-0.39, 0.29) is 0 Å². The SMILES string of the molecule is [B]C1(C)C=Cc2c3c(c4ccccc4c2O1)-c1ccccc1CC3. The molecule has 5 rings (SSSR count). The van der Waals surface area contributed by atoms with Crippen molar-refractivity contribution in [1.29, 1.82) is 0 Å². The van der Waals surface area contributed by atoms with Gasteiger partial charge in [-0.2, -0.15) is 0 Å². The lowest BCUT2D eigenvalue weighted by molar-refractivity contribution is 0.227. The number of ether oxygens (including phenoxy) is 1. The van der Waals surface area contributed by atoms with Crippen molar-refractivity contribution in [3.63, 3.8) is 0 Å². The lowest BCUT2D eigenvalue weighted by Crippen LogP contribution is -2.32.